The van der Waals surface area contributed by atoms with E-state index in [0.717, 1.165) is 31.2 Å². The number of fused-ring (bicyclic) bond motifs is 3. The molecule has 0 unspecified atom stereocenters. The highest BCUT2D eigenvalue weighted by atomic mass is 16.6. The summed E-state index contributed by atoms with van der Waals surface area (Å²) in [6, 6.07) is 15.6. The first kappa shape index (κ1) is 31.1. The summed E-state index contributed by atoms with van der Waals surface area (Å²) in [5.41, 5.74) is -1.08. The number of nitro groups is 2. The largest absolute Gasteiger partial charge is 0.481 e. The summed E-state index contributed by atoms with van der Waals surface area (Å²) >= 11 is 0. The average molecular weight is 631 g/mol. The normalized spacial score (nSPS) is 14.7. The lowest BCUT2D eigenvalue weighted by Gasteiger charge is -2.33. The first-order valence-electron chi connectivity index (χ1n) is 13.5. The molecule has 0 saturated carbocycles. The van der Waals surface area contributed by atoms with Crippen molar-refractivity contribution in [1.29, 1.82) is 0 Å². The van der Waals surface area contributed by atoms with Crippen LogP contribution in [0.2, 0.25) is 0 Å². The molecule has 0 aliphatic carbocycles. The molecule has 0 amide bonds. The van der Waals surface area contributed by atoms with Crippen LogP contribution < -0.4 is 10.4 Å². The van der Waals surface area contributed by atoms with Crippen LogP contribution in [0.5, 0.6) is 5.75 Å². The predicted octanol–water partition coefficient (Wildman–Crippen LogP) is 4.40. The topological polar surface area (TPSA) is 205 Å². The van der Waals surface area contributed by atoms with Gasteiger partial charge in [-0.2, -0.15) is 0 Å². The smallest absolute Gasteiger partial charge is 0.347 e. The van der Waals surface area contributed by atoms with Gasteiger partial charge in [-0.1, -0.05) is 12.1 Å². The zero-order chi connectivity index (χ0) is 33.0. The van der Waals surface area contributed by atoms with Gasteiger partial charge < -0.3 is 23.4 Å². The highest BCUT2D eigenvalue weighted by Gasteiger charge is 2.39. The van der Waals surface area contributed by atoms with Crippen molar-refractivity contribution in [2.24, 2.45) is 0 Å². The summed E-state index contributed by atoms with van der Waals surface area (Å²) in [5.74, 6) is -2.65. The first-order chi connectivity index (χ1) is 22.0. The number of rotatable bonds is 10. The number of nitrogens with zero attached hydrogens (tertiary/aromatic N) is 2. The molecule has 15 nitrogen and oxygen atoms in total. The van der Waals surface area contributed by atoms with Crippen molar-refractivity contribution in [3.8, 4) is 5.75 Å². The molecule has 46 heavy (non-hydrogen) atoms. The van der Waals surface area contributed by atoms with Gasteiger partial charge in [0.05, 0.1) is 26.4 Å². The number of hydrogen-bond acceptors (Lipinski definition) is 13. The quantitative estimate of drug-likeness (QED) is 0.0784. The van der Waals surface area contributed by atoms with Crippen molar-refractivity contribution in [3.63, 3.8) is 0 Å². The summed E-state index contributed by atoms with van der Waals surface area (Å²) in [4.78, 5) is 71.7. The van der Waals surface area contributed by atoms with Crippen LogP contribution in [-0.2, 0) is 19.0 Å². The van der Waals surface area contributed by atoms with Crippen molar-refractivity contribution >= 4 is 46.3 Å². The monoisotopic (exact) mass is 630 g/mol. The summed E-state index contributed by atoms with van der Waals surface area (Å²) in [6.07, 6.45) is -1.45. The fraction of sp³-hybridized carbons (Fsp3) is 0.161. The zero-order valence-electron chi connectivity index (χ0n) is 23.7. The summed E-state index contributed by atoms with van der Waals surface area (Å²) < 4.78 is 28.0. The Morgan fingerprint density at radius 3 is 2.02 bits per heavy atom. The number of carbonyl (C=O) groups excluding carboxylic acids is 3. The second-order valence-electron chi connectivity index (χ2n) is 9.79. The molecular weight excluding hydrogens is 608 g/mol. The third-order valence-electron chi connectivity index (χ3n) is 6.76. The summed E-state index contributed by atoms with van der Waals surface area (Å²) in [5, 5.41) is 22.4. The van der Waals surface area contributed by atoms with E-state index in [1.165, 1.54) is 36.4 Å². The molecule has 1 aromatic heterocycles. The van der Waals surface area contributed by atoms with Crippen molar-refractivity contribution in [2.75, 3.05) is 6.61 Å². The Bertz CT molecular complexity index is 1930. The molecule has 3 aromatic carbocycles. The van der Waals surface area contributed by atoms with Crippen LogP contribution in [-0.4, -0.2) is 52.7 Å². The molecule has 0 saturated heterocycles. The first-order valence-corrected chi connectivity index (χ1v) is 13.5. The number of ether oxygens (including phenoxy) is 4. The van der Waals surface area contributed by atoms with Gasteiger partial charge in [-0.3, -0.25) is 25.0 Å². The van der Waals surface area contributed by atoms with Crippen molar-refractivity contribution in [3.05, 3.63) is 126 Å². The third-order valence-corrected chi connectivity index (χ3v) is 6.76. The van der Waals surface area contributed by atoms with E-state index < -0.39 is 58.3 Å². The van der Waals surface area contributed by atoms with Crippen LogP contribution in [0.1, 0.15) is 33.2 Å². The molecule has 4 aromatic rings. The zero-order valence-corrected chi connectivity index (χ0v) is 23.7. The van der Waals surface area contributed by atoms with Gasteiger partial charge in [0.15, 0.2) is 18.3 Å². The number of hydrogen-bond donors (Lipinski definition) is 0. The molecule has 234 valence electrons. The van der Waals surface area contributed by atoms with Crippen molar-refractivity contribution < 1.29 is 47.6 Å². The number of para-hydroxylation sites is 1. The Labute approximate surface area is 257 Å². The van der Waals surface area contributed by atoms with E-state index in [1.54, 1.807) is 24.3 Å². The van der Waals surface area contributed by atoms with Crippen molar-refractivity contribution in [2.45, 2.75) is 25.2 Å². The Balaban J connectivity index is 1.48. The van der Waals surface area contributed by atoms with E-state index >= 15 is 0 Å². The Kier molecular flexibility index (Phi) is 8.84. The molecule has 1 aliphatic heterocycles. The molecule has 15 heteroatoms. The minimum absolute atomic E-state index is 0.0486. The highest BCUT2D eigenvalue weighted by Crippen LogP contribution is 2.34. The van der Waals surface area contributed by atoms with Gasteiger partial charge in [0, 0.05) is 31.2 Å². The van der Waals surface area contributed by atoms with E-state index in [-0.39, 0.29) is 39.4 Å². The standard InChI is InChI=1S/C31H22N2O13/c1-17(34)43-26(16-42-29(35)18-6-10-20(11-7-18)32(38)39)28(46-30(36)19-8-12-21(13-9-19)33(40)41)25-15-14-23-27(44-25)22-4-2-3-5-24(22)45-31(23)37/h2-15,25-26,28H,16H2,1H3/t25-,26-,28+/m1/s1. The van der Waals surface area contributed by atoms with Crippen LogP contribution in [0, 0.1) is 20.2 Å². The summed E-state index contributed by atoms with van der Waals surface area (Å²) in [7, 11) is 0. The van der Waals surface area contributed by atoms with Gasteiger partial charge in [0.2, 0.25) is 0 Å². The van der Waals surface area contributed by atoms with E-state index in [9.17, 15) is 39.4 Å². The van der Waals surface area contributed by atoms with Crippen LogP contribution in [0.4, 0.5) is 11.4 Å². The van der Waals surface area contributed by atoms with Gasteiger partial charge in [-0.25, -0.2) is 14.4 Å². The highest BCUT2D eigenvalue weighted by molar-refractivity contribution is 5.91. The lowest BCUT2D eigenvalue weighted by molar-refractivity contribution is -0.385. The molecule has 0 spiro atoms. The van der Waals surface area contributed by atoms with E-state index in [0.29, 0.717) is 5.39 Å². The molecule has 0 N–H and O–H groups in total. The molecule has 5 rings (SSSR count). The van der Waals surface area contributed by atoms with Crippen LogP contribution in [0.25, 0.3) is 17.0 Å². The minimum Gasteiger partial charge on any atom is -0.481 e. The molecular formula is C31H22N2O13. The maximum atomic E-state index is 13.3. The van der Waals surface area contributed by atoms with Gasteiger partial charge >= 0.3 is 23.5 Å². The fourth-order valence-corrected chi connectivity index (χ4v) is 4.58. The van der Waals surface area contributed by atoms with Gasteiger partial charge in [-0.15, -0.1) is 0 Å². The molecule has 3 atom stereocenters. The van der Waals surface area contributed by atoms with Gasteiger partial charge in [0.1, 0.15) is 23.5 Å². The number of nitro benzene ring substituents is 2. The van der Waals surface area contributed by atoms with Crippen LogP contribution in [0.15, 0.2) is 88.1 Å². The minimum atomic E-state index is -1.51. The van der Waals surface area contributed by atoms with E-state index in [2.05, 4.69) is 0 Å². The second-order valence-corrected chi connectivity index (χ2v) is 9.79. The average Bonchev–Trinajstić information content (AvgIpc) is 3.05. The van der Waals surface area contributed by atoms with Gasteiger partial charge in [0.25, 0.3) is 11.4 Å². The number of benzene rings is 3. The maximum absolute atomic E-state index is 13.3. The third kappa shape index (κ3) is 6.72. The predicted molar refractivity (Wildman–Crippen MR) is 157 cm³/mol. The Morgan fingerprint density at radius 2 is 1.43 bits per heavy atom. The molecule has 0 fully saturated rings. The SMILES string of the molecule is CC(=O)O[C@H](COC(=O)c1ccc([N+](=O)[O-])cc1)[C@@H](OC(=O)c1ccc([N+](=O)[O-])cc1)[C@H]1C=Cc2c(c3ccccc3oc2=O)O1. The number of esters is 3. The lowest BCUT2D eigenvalue weighted by Crippen LogP contribution is -2.48. The Morgan fingerprint density at radius 1 is 0.848 bits per heavy atom. The van der Waals surface area contributed by atoms with Crippen LogP contribution in [0.3, 0.4) is 0 Å². The molecule has 1 aliphatic rings. The molecule has 0 radical (unpaired) electrons. The van der Waals surface area contributed by atoms with Gasteiger partial charge in [-0.05, 0) is 48.6 Å². The second kappa shape index (κ2) is 13.1. The summed E-state index contributed by atoms with van der Waals surface area (Å²) in [6.45, 7) is 0.414. The number of carbonyl (C=O) groups is 3. The lowest BCUT2D eigenvalue weighted by atomic mass is 10.0. The number of non-ortho nitro benzene ring substituents is 2. The molecule has 0 bridgehead atoms. The van der Waals surface area contributed by atoms with E-state index in [1.807, 2.05) is 0 Å². The van der Waals surface area contributed by atoms with Crippen molar-refractivity contribution in [1.82, 2.24) is 0 Å². The fourth-order valence-electron chi connectivity index (χ4n) is 4.58. The van der Waals surface area contributed by atoms with Crippen LogP contribution >= 0.6 is 0 Å². The molecule has 2 heterocycles. The Hall–Kier alpha value is -6.38. The van der Waals surface area contributed by atoms with E-state index in [4.69, 9.17) is 23.4 Å². The maximum Gasteiger partial charge on any atom is 0.347 e.